The lowest BCUT2D eigenvalue weighted by atomic mass is 10.2. The summed E-state index contributed by atoms with van der Waals surface area (Å²) in [5.41, 5.74) is 4.13. The van der Waals surface area contributed by atoms with Crippen molar-refractivity contribution in [3.63, 3.8) is 0 Å². The third-order valence-electron chi connectivity index (χ3n) is 3.18. The average molecular weight is 357 g/mol. The van der Waals surface area contributed by atoms with Gasteiger partial charge >= 0.3 is 0 Å². The van der Waals surface area contributed by atoms with E-state index >= 15 is 0 Å². The van der Waals surface area contributed by atoms with Crippen molar-refractivity contribution in [2.24, 2.45) is 0 Å². The highest BCUT2D eigenvalue weighted by Crippen LogP contribution is 2.25. The Labute approximate surface area is 133 Å². The van der Waals surface area contributed by atoms with Crippen molar-refractivity contribution in [3.05, 3.63) is 44.6 Å². The number of aryl methyl sites for hydroxylation is 1. The molecule has 0 amide bonds. The molecule has 0 radical (unpaired) electrons. The number of halogens is 2. The molecule has 0 atom stereocenters. The maximum absolute atomic E-state index is 6.37. The largest absolute Gasteiger partial charge is 0.310 e. The quantitative estimate of drug-likeness (QED) is 0.879. The Hall–Kier alpha value is -0.840. The number of benzene rings is 1. The zero-order valence-corrected chi connectivity index (χ0v) is 14.5. The van der Waals surface area contributed by atoms with Crippen LogP contribution >= 0.6 is 27.5 Å². The first kappa shape index (κ1) is 15.5. The monoisotopic (exact) mass is 355 g/mol. The topological polar surface area (TPSA) is 29.9 Å². The summed E-state index contributed by atoms with van der Waals surface area (Å²) in [7, 11) is 0. The van der Waals surface area contributed by atoms with Crippen LogP contribution in [0.5, 0.6) is 0 Å². The molecule has 5 heteroatoms. The maximum Gasteiger partial charge on any atom is 0.0743 e. The molecule has 1 heterocycles. The second kappa shape index (κ2) is 6.29. The first-order valence-corrected chi connectivity index (χ1v) is 7.81. The van der Waals surface area contributed by atoms with Crippen LogP contribution in [0.2, 0.25) is 5.02 Å². The smallest absolute Gasteiger partial charge is 0.0743 e. The van der Waals surface area contributed by atoms with Crippen LogP contribution in [0.4, 0.5) is 0 Å². The van der Waals surface area contributed by atoms with Crippen LogP contribution in [0.3, 0.4) is 0 Å². The first-order chi connectivity index (χ1) is 9.40. The number of nitrogens with one attached hydrogen (secondary N) is 1. The summed E-state index contributed by atoms with van der Waals surface area (Å²) >= 11 is 9.91. The van der Waals surface area contributed by atoms with Gasteiger partial charge in [-0.15, -0.1) is 0 Å². The van der Waals surface area contributed by atoms with E-state index in [1.165, 1.54) is 0 Å². The van der Waals surface area contributed by atoms with Crippen LogP contribution in [0, 0.1) is 13.8 Å². The second-order valence-electron chi connectivity index (χ2n) is 5.21. The first-order valence-electron chi connectivity index (χ1n) is 6.64. The molecule has 0 spiro atoms. The highest BCUT2D eigenvalue weighted by Gasteiger charge is 2.11. The van der Waals surface area contributed by atoms with Gasteiger partial charge in [-0.25, -0.2) is 4.68 Å². The van der Waals surface area contributed by atoms with Gasteiger partial charge in [0, 0.05) is 17.6 Å². The summed E-state index contributed by atoms with van der Waals surface area (Å²) in [5.74, 6) is 0. The Morgan fingerprint density at radius 3 is 2.55 bits per heavy atom. The van der Waals surface area contributed by atoms with Crippen LogP contribution < -0.4 is 5.32 Å². The van der Waals surface area contributed by atoms with Crippen LogP contribution in [-0.4, -0.2) is 15.8 Å². The summed E-state index contributed by atoms with van der Waals surface area (Å²) in [6.07, 6.45) is 0. The van der Waals surface area contributed by atoms with Gasteiger partial charge in [0.25, 0.3) is 0 Å². The van der Waals surface area contributed by atoms with Crippen molar-refractivity contribution in [2.45, 2.75) is 40.3 Å². The molecular weight excluding hydrogens is 338 g/mol. The second-order valence-corrected chi connectivity index (χ2v) is 6.41. The molecule has 2 rings (SSSR count). The van der Waals surface area contributed by atoms with Crippen molar-refractivity contribution in [2.75, 3.05) is 0 Å². The molecular formula is C15H19BrClN3. The lowest BCUT2D eigenvalue weighted by Crippen LogP contribution is -2.22. The fourth-order valence-corrected chi connectivity index (χ4v) is 2.49. The van der Waals surface area contributed by atoms with Crippen molar-refractivity contribution in [1.82, 2.24) is 15.1 Å². The third kappa shape index (κ3) is 3.25. The molecule has 0 bridgehead atoms. The standard InChI is InChI=1S/C15H19BrClN3/c1-9(2)18-8-12-5-6-13(7-14(12)17)20-11(4)15(16)10(3)19-20/h5-7,9,18H,8H2,1-4H3. The Morgan fingerprint density at radius 2 is 2.05 bits per heavy atom. The minimum atomic E-state index is 0.442. The molecule has 0 aliphatic rings. The van der Waals surface area contributed by atoms with Crippen molar-refractivity contribution >= 4 is 27.5 Å². The van der Waals surface area contributed by atoms with E-state index in [0.717, 1.165) is 38.7 Å². The van der Waals surface area contributed by atoms with E-state index in [0.29, 0.717) is 6.04 Å². The van der Waals surface area contributed by atoms with Gasteiger partial charge in [-0.1, -0.05) is 31.5 Å². The van der Waals surface area contributed by atoms with Gasteiger partial charge < -0.3 is 5.32 Å². The molecule has 0 unspecified atom stereocenters. The normalized spacial score (nSPS) is 11.3. The van der Waals surface area contributed by atoms with E-state index in [1.807, 2.05) is 24.6 Å². The highest BCUT2D eigenvalue weighted by atomic mass is 79.9. The van der Waals surface area contributed by atoms with E-state index in [2.05, 4.69) is 52.3 Å². The van der Waals surface area contributed by atoms with E-state index in [1.54, 1.807) is 0 Å². The number of hydrogen-bond donors (Lipinski definition) is 1. The average Bonchev–Trinajstić information content (AvgIpc) is 2.65. The molecule has 1 aromatic carbocycles. The number of nitrogens with zero attached hydrogens (tertiary/aromatic N) is 2. The molecule has 2 aromatic rings. The van der Waals surface area contributed by atoms with Gasteiger partial charge in [0.1, 0.15) is 0 Å². The fourth-order valence-electron chi connectivity index (χ4n) is 2.00. The summed E-state index contributed by atoms with van der Waals surface area (Å²) in [4.78, 5) is 0. The molecule has 0 fully saturated rings. The minimum Gasteiger partial charge on any atom is -0.310 e. The number of rotatable bonds is 4. The lowest BCUT2D eigenvalue weighted by Gasteiger charge is -2.11. The molecule has 0 aliphatic heterocycles. The van der Waals surface area contributed by atoms with Crippen LogP contribution in [-0.2, 0) is 6.54 Å². The van der Waals surface area contributed by atoms with E-state index in [9.17, 15) is 0 Å². The van der Waals surface area contributed by atoms with E-state index in [-0.39, 0.29) is 0 Å². The molecule has 1 N–H and O–H groups in total. The van der Waals surface area contributed by atoms with E-state index < -0.39 is 0 Å². The summed E-state index contributed by atoms with van der Waals surface area (Å²) in [5, 5.41) is 8.66. The fraction of sp³-hybridized carbons (Fsp3) is 0.400. The Bertz CT molecular complexity index is 620. The predicted molar refractivity (Wildman–Crippen MR) is 87.7 cm³/mol. The SMILES string of the molecule is Cc1nn(-c2ccc(CNC(C)C)c(Cl)c2)c(C)c1Br. The number of aromatic nitrogens is 2. The maximum atomic E-state index is 6.37. The van der Waals surface area contributed by atoms with E-state index in [4.69, 9.17) is 11.6 Å². The lowest BCUT2D eigenvalue weighted by molar-refractivity contribution is 0.589. The van der Waals surface area contributed by atoms with Crippen molar-refractivity contribution in [3.8, 4) is 5.69 Å². The summed E-state index contributed by atoms with van der Waals surface area (Å²) in [6.45, 7) is 9.03. The zero-order chi connectivity index (χ0) is 14.9. The molecule has 3 nitrogen and oxygen atoms in total. The van der Waals surface area contributed by atoms with Gasteiger partial charge in [0.2, 0.25) is 0 Å². The van der Waals surface area contributed by atoms with Gasteiger partial charge in [-0.05, 0) is 47.5 Å². The Balaban J connectivity index is 2.31. The summed E-state index contributed by atoms with van der Waals surface area (Å²) < 4.78 is 2.95. The van der Waals surface area contributed by atoms with Crippen LogP contribution in [0.15, 0.2) is 22.7 Å². The highest BCUT2D eigenvalue weighted by molar-refractivity contribution is 9.10. The summed E-state index contributed by atoms with van der Waals surface area (Å²) in [6, 6.07) is 6.51. The molecule has 0 saturated carbocycles. The van der Waals surface area contributed by atoms with Crippen LogP contribution in [0.1, 0.15) is 30.8 Å². The predicted octanol–water partition coefficient (Wildman–Crippen LogP) is 4.40. The molecule has 1 aromatic heterocycles. The Kier molecular flexibility index (Phi) is 4.89. The van der Waals surface area contributed by atoms with Gasteiger partial charge in [0.05, 0.1) is 21.5 Å². The van der Waals surface area contributed by atoms with Crippen LogP contribution in [0.25, 0.3) is 5.69 Å². The molecule has 0 saturated heterocycles. The number of hydrogen-bond acceptors (Lipinski definition) is 2. The minimum absolute atomic E-state index is 0.442. The molecule has 20 heavy (non-hydrogen) atoms. The van der Waals surface area contributed by atoms with Crippen molar-refractivity contribution in [1.29, 1.82) is 0 Å². The zero-order valence-electron chi connectivity index (χ0n) is 12.2. The molecule has 108 valence electrons. The van der Waals surface area contributed by atoms with Gasteiger partial charge in [-0.2, -0.15) is 5.10 Å². The molecule has 0 aliphatic carbocycles. The Morgan fingerprint density at radius 1 is 1.35 bits per heavy atom. The van der Waals surface area contributed by atoms with Gasteiger partial charge in [0.15, 0.2) is 0 Å². The third-order valence-corrected chi connectivity index (χ3v) is 4.68. The van der Waals surface area contributed by atoms with Crippen molar-refractivity contribution < 1.29 is 0 Å². The van der Waals surface area contributed by atoms with Gasteiger partial charge in [-0.3, -0.25) is 0 Å².